The number of aryl methyl sites for hydroxylation is 1. The maximum Gasteiger partial charge on any atom is 0.105 e. The molecule has 1 unspecified atom stereocenters. The molecule has 0 fully saturated rings. The summed E-state index contributed by atoms with van der Waals surface area (Å²) in [6, 6.07) is 2.12. The molecule has 2 heterocycles. The molecule has 1 aromatic rings. The summed E-state index contributed by atoms with van der Waals surface area (Å²) in [4.78, 5) is 7.08. The fourth-order valence-corrected chi connectivity index (χ4v) is 1.77. The van der Waals surface area contributed by atoms with Crippen molar-refractivity contribution in [3.63, 3.8) is 0 Å². The maximum absolute atomic E-state index is 8.27. The molecule has 78 valence electrons. The van der Waals surface area contributed by atoms with Crippen LogP contribution in [0.15, 0.2) is 17.4 Å². The van der Waals surface area contributed by atoms with Crippen molar-refractivity contribution in [3.05, 3.63) is 39.5 Å². The van der Waals surface area contributed by atoms with Gasteiger partial charge in [0.25, 0.3) is 0 Å². The van der Waals surface area contributed by atoms with Crippen molar-refractivity contribution < 1.29 is 4.74 Å². The molecule has 0 saturated carbocycles. The minimum atomic E-state index is -0.176. The van der Waals surface area contributed by atoms with Crippen LogP contribution in [-0.4, -0.2) is 18.1 Å². The van der Waals surface area contributed by atoms with Crippen molar-refractivity contribution in [2.45, 2.75) is 19.4 Å². The van der Waals surface area contributed by atoms with Crippen LogP contribution in [-0.2, 0) is 11.2 Å². The summed E-state index contributed by atoms with van der Waals surface area (Å²) in [5.41, 5.74) is 11.5. The van der Waals surface area contributed by atoms with Crippen molar-refractivity contribution in [1.29, 1.82) is 0 Å². The summed E-state index contributed by atoms with van der Waals surface area (Å²) in [6.45, 7) is 3.01. The zero-order valence-electron chi connectivity index (χ0n) is 8.55. The quantitative estimate of drug-likeness (QED) is 0.421. The smallest absolute Gasteiger partial charge is 0.105 e. The third-order valence-electron chi connectivity index (χ3n) is 2.44. The van der Waals surface area contributed by atoms with Gasteiger partial charge in [-0.2, -0.15) is 0 Å². The van der Waals surface area contributed by atoms with Gasteiger partial charge in [0.1, 0.15) is 6.10 Å². The number of rotatable bonds is 2. The monoisotopic (exact) mass is 204 g/mol. The highest BCUT2D eigenvalue weighted by Crippen LogP contribution is 2.25. The minimum Gasteiger partial charge on any atom is -0.371 e. The van der Waals surface area contributed by atoms with Gasteiger partial charge in [-0.25, -0.2) is 0 Å². The molecule has 1 aliphatic heterocycles. The SMILES string of the molecule is Cc1cnc2c(c1)CCOC2CN=[N+]=[N-]. The Morgan fingerprint density at radius 2 is 2.60 bits per heavy atom. The number of pyridine rings is 1. The first-order valence-corrected chi connectivity index (χ1v) is 4.89. The highest BCUT2D eigenvalue weighted by atomic mass is 16.5. The van der Waals surface area contributed by atoms with Crippen LogP contribution in [0.2, 0.25) is 0 Å². The first-order valence-electron chi connectivity index (χ1n) is 4.89. The number of fused-ring (bicyclic) bond motifs is 1. The van der Waals surface area contributed by atoms with Crippen LogP contribution < -0.4 is 0 Å². The van der Waals surface area contributed by atoms with Crippen LogP contribution in [0.5, 0.6) is 0 Å². The predicted molar refractivity (Wildman–Crippen MR) is 55.4 cm³/mol. The Morgan fingerprint density at radius 3 is 3.40 bits per heavy atom. The van der Waals surface area contributed by atoms with E-state index >= 15 is 0 Å². The number of hydrogen-bond acceptors (Lipinski definition) is 3. The molecule has 15 heavy (non-hydrogen) atoms. The molecule has 0 N–H and O–H groups in total. The van der Waals surface area contributed by atoms with Crippen LogP contribution in [0.25, 0.3) is 10.4 Å². The van der Waals surface area contributed by atoms with E-state index in [4.69, 9.17) is 10.3 Å². The Bertz CT molecular complexity index is 412. The number of aromatic nitrogens is 1. The Labute approximate surface area is 87.7 Å². The van der Waals surface area contributed by atoms with Crippen molar-refractivity contribution >= 4 is 0 Å². The third kappa shape index (κ3) is 2.09. The second-order valence-electron chi connectivity index (χ2n) is 3.58. The highest BCUT2D eigenvalue weighted by molar-refractivity contribution is 5.28. The molecule has 0 spiro atoms. The lowest BCUT2D eigenvalue weighted by Gasteiger charge is -2.23. The molecule has 1 aliphatic rings. The van der Waals surface area contributed by atoms with Crippen LogP contribution in [0.1, 0.15) is 22.9 Å². The van der Waals surface area contributed by atoms with Gasteiger partial charge in [-0.3, -0.25) is 4.98 Å². The summed E-state index contributed by atoms with van der Waals surface area (Å²) < 4.78 is 5.52. The fourth-order valence-electron chi connectivity index (χ4n) is 1.77. The molecule has 0 bridgehead atoms. The van der Waals surface area contributed by atoms with E-state index in [0.29, 0.717) is 13.2 Å². The van der Waals surface area contributed by atoms with Gasteiger partial charge in [-0.05, 0) is 30.0 Å². The zero-order valence-corrected chi connectivity index (χ0v) is 8.55. The van der Waals surface area contributed by atoms with E-state index in [0.717, 1.165) is 17.7 Å². The van der Waals surface area contributed by atoms with Crippen molar-refractivity contribution in [2.24, 2.45) is 5.11 Å². The number of hydrogen-bond donors (Lipinski definition) is 0. The average molecular weight is 204 g/mol. The number of ether oxygens (including phenoxy) is 1. The first-order chi connectivity index (χ1) is 7.31. The van der Waals surface area contributed by atoms with E-state index in [2.05, 4.69) is 21.1 Å². The molecule has 0 radical (unpaired) electrons. The molecule has 2 rings (SSSR count). The van der Waals surface area contributed by atoms with E-state index in [1.807, 2.05) is 13.1 Å². The molecule has 0 saturated heterocycles. The molecule has 1 aromatic heterocycles. The predicted octanol–water partition coefficient (Wildman–Crippen LogP) is 2.31. The Hall–Kier alpha value is -1.58. The summed E-state index contributed by atoms with van der Waals surface area (Å²) in [5.74, 6) is 0. The van der Waals surface area contributed by atoms with Gasteiger partial charge in [0.05, 0.1) is 18.8 Å². The van der Waals surface area contributed by atoms with E-state index in [9.17, 15) is 0 Å². The topological polar surface area (TPSA) is 70.9 Å². The first kappa shape index (κ1) is 9.96. The van der Waals surface area contributed by atoms with Gasteiger partial charge >= 0.3 is 0 Å². The Morgan fingerprint density at radius 1 is 1.73 bits per heavy atom. The van der Waals surface area contributed by atoms with Crippen LogP contribution in [0.4, 0.5) is 0 Å². The molecule has 0 amide bonds. The van der Waals surface area contributed by atoms with E-state index < -0.39 is 0 Å². The van der Waals surface area contributed by atoms with Gasteiger partial charge in [0.2, 0.25) is 0 Å². The van der Waals surface area contributed by atoms with Gasteiger partial charge in [0, 0.05) is 11.1 Å². The lowest BCUT2D eigenvalue weighted by Crippen LogP contribution is -2.20. The van der Waals surface area contributed by atoms with Gasteiger partial charge in [-0.15, -0.1) is 0 Å². The van der Waals surface area contributed by atoms with E-state index in [-0.39, 0.29) is 6.10 Å². The lowest BCUT2D eigenvalue weighted by molar-refractivity contribution is 0.0451. The van der Waals surface area contributed by atoms with E-state index in [1.165, 1.54) is 5.56 Å². The molecule has 5 heteroatoms. The molecular weight excluding hydrogens is 192 g/mol. The Kier molecular flexibility index (Phi) is 2.85. The summed E-state index contributed by atoms with van der Waals surface area (Å²) >= 11 is 0. The second kappa shape index (κ2) is 4.29. The van der Waals surface area contributed by atoms with Crippen molar-refractivity contribution in [1.82, 2.24) is 4.98 Å². The number of azide groups is 1. The largest absolute Gasteiger partial charge is 0.371 e. The summed E-state index contributed by atoms with van der Waals surface area (Å²) in [6.07, 6.45) is 2.53. The fraction of sp³-hybridized carbons (Fsp3) is 0.500. The summed E-state index contributed by atoms with van der Waals surface area (Å²) in [5, 5.41) is 3.53. The maximum atomic E-state index is 8.27. The van der Waals surface area contributed by atoms with E-state index in [1.54, 1.807) is 0 Å². The lowest BCUT2D eigenvalue weighted by atomic mass is 10.0. The minimum absolute atomic E-state index is 0.176. The van der Waals surface area contributed by atoms with Crippen LogP contribution in [0, 0.1) is 6.92 Å². The number of nitrogens with zero attached hydrogens (tertiary/aromatic N) is 4. The van der Waals surface area contributed by atoms with Crippen LogP contribution in [0.3, 0.4) is 0 Å². The molecule has 5 nitrogen and oxygen atoms in total. The van der Waals surface area contributed by atoms with Crippen molar-refractivity contribution in [2.75, 3.05) is 13.2 Å². The Balaban J connectivity index is 2.29. The average Bonchev–Trinajstić information content (AvgIpc) is 2.25. The highest BCUT2D eigenvalue weighted by Gasteiger charge is 2.21. The molecule has 0 aliphatic carbocycles. The standard InChI is InChI=1S/C10H12N4O/c1-7-4-8-2-3-15-9(6-13-14-11)10(8)12-5-7/h4-5,9H,2-3,6H2,1H3. The zero-order chi connectivity index (χ0) is 10.7. The third-order valence-corrected chi connectivity index (χ3v) is 2.44. The van der Waals surface area contributed by atoms with Gasteiger partial charge in [0.15, 0.2) is 0 Å². The summed E-state index contributed by atoms with van der Waals surface area (Å²) in [7, 11) is 0. The van der Waals surface area contributed by atoms with Gasteiger partial charge < -0.3 is 4.74 Å². The van der Waals surface area contributed by atoms with Gasteiger partial charge in [-0.1, -0.05) is 11.2 Å². The molecule has 0 aromatic carbocycles. The second-order valence-corrected chi connectivity index (χ2v) is 3.58. The van der Waals surface area contributed by atoms with Crippen molar-refractivity contribution in [3.8, 4) is 0 Å². The molecular formula is C10H12N4O. The molecule has 1 atom stereocenters. The van der Waals surface area contributed by atoms with Crippen LogP contribution >= 0.6 is 0 Å². The normalized spacial score (nSPS) is 19.1.